The van der Waals surface area contributed by atoms with Gasteiger partial charge in [0, 0.05) is 24.2 Å². The SMILES string of the molecule is O=C(Nc1cc(CC2CCCCC2)[nH]n1)c1ccncc1Cl. The average molecular weight is 319 g/mol. The van der Waals surface area contributed by atoms with Crippen molar-refractivity contribution in [1.82, 2.24) is 15.2 Å². The molecule has 3 rings (SSSR count). The van der Waals surface area contributed by atoms with Crippen molar-refractivity contribution in [3.8, 4) is 0 Å². The van der Waals surface area contributed by atoms with Crippen molar-refractivity contribution in [3.63, 3.8) is 0 Å². The maximum atomic E-state index is 12.2. The van der Waals surface area contributed by atoms with Crippen LogP contribution in [0, 0.1) is 5.92 Å². The molecule has 0 radical (unpaired) electrons. The molecular weight excluding hydrogens is 300 g/mol. The fourth-order valence-corrected chi connectivity index (χ4v) is 3.18. The Morgan fingerprint density at radius 2 is 2.18 bits per heavy atom. The van der Waals surface area contributed by atoms with Gasteiger partial charge in [0.15, 0.2) is 5.82 Å². The number of aromatic nitrogens is 3. The second-order valence-corrected chi connectivity index (χ2v) is 6.20. The lowest BCUT2D eigenvalue weighted by Gasteiger charge is -2.20. The van der Waals surface area contributed by atoms with E-state index in [1.165, 1.54) is 38.3 Å². The van der Waals surface area contributed by atoms with Crippen LogP contribution in [0.15, 0.2) is 24.5 Å². The zero-order valence-electron chi connectivity index (χ0n) is 12.3. The van der Waals surface area contributed by atoms with Crippen LogP contribution in [0.1, 0.15) is 48.2 Å². The van der Waals surface area contributed by atoms with E-state index in [1.807, 2.05) is 6.07 Å². The zero-order chi connectivity index (χ0) is 15.4. The van der Waals surface area contributed by atoms with Crippen LogP contribution in [0.25, 0.3) is 0 Å². The first-order valence-corrected chi connectivity index (χ1v) is 8.05. The molecule has 2 aromatic heterocycles. The van der Waals surface area contributed by atoms with Crippen molar-refractivity contribution in [3.05, 3.63) is 40.8 Å². The van der Waals surface area contributed by atoms with Gasteiger partial charge in [-0.2, -0.15) is 5.10 Å². The van der Waals surface area contributed by atoms with Gasteiger partial charge in [-0.05, 0) is 18.4 Å². The van der Waals surface area contributed by atoms with Gasteiger partial charge < -0.3 is 5.32 Å². The Balaban J connectivity index is 1.61. The Morgan fingerprint density at radius 3 is 2.95 bits per heavy atom. The van der Waals surface area contributed by atoms with Crippen LogP contribution in [0.2, 0.25) is 5.02 Å². The lowest BCUT2D eigenvalue weighted by molar-refractivity contribution is 0.102. The first kappa shape index (κ1) is 15.0. The Bertz CT molecular complexity index is 649. The number of aromatic amines is 1. The summed E-state index contributed by atoms with van der Waals surface area (Å²) in [5.41, 5.74) is 1.47. The number of nitrogens with one attached hydrogen (secondary N) is 2. The third-order valence-electron chi connectivity index (χ3n) is 4.12. The molecule has 2 N–H and O–H groups in total. The number of amides is 1. The van der Waals surface area contributed by atoms with Crippen LogP contribution in [-0.2, 0) is 6.42 Å². The molecule has 1 fully saturated rings. The average Bonchev–Trinajstić information content (AvgIpc) is 2.95. The minimum Gasteiger partial charge on any atom is -0.305 e. The van der Waals surface area contributed by atoms with Crippen molar-refractivity contribution in [2.24, 2.45) is 5.92 Å². The summed E-state index contributed by atoms with van der Waals surface area (Å²) in [6.07, 6.45) is 10.6. The van der Waals surface area contributed by atoms with E-state index in [4.69, 9.17) is 11.6 Å². The number of carbonyl (C=O) groups excluding carboxylic acids is 1. The Hall–Kier alpha value is -1.88. The molecule has 0 saturated heterocycles. The normalized spacial score (nSPS) is 15.7. The molecule has 6 heteroatoms. The van der Waals surface area contributed by atoms with Crippen LogP contribution in [0.5, 0.6) is 0 Å². The second kappa shape index (κ2) is 6.92. The Labute approximate surface area is 134 Å². The van der Waals surface area contributed by atoms with Crippen molar-refractivity contribution in [2.45, 2.75) is 38.5 Å². The molecule has 0 unspecified atom stereocenters. The largest absolute Gasteiger partial charge is 0.305 e. The summed E-state index contributed by atoms with van der Waals surface area (Å²) in [7, 11) is 0. The zero-order valence-corrected chi connectivity index (χ0v) is 13.1. The van der Waals surface area contributed by atoms with E-state index >= 15 is 0 Å². The van der Waals surface area contributed by atoms with E-state index in [0.29, 0.717) is 16.4 Å². The van der Waals surface area contributed by atoms with E-state index in [1.54, 1.807) is 12.3 Å². The summed E-state index contributed by atoms with van der Waals surface area (Å²) in [6.45, 7) is 0. The third kappa shape index (κ3) is 3.65. The molecule has 0 aromatic carbocycles. The summed E-state index contributed by atoms with van der Waals surface area (Å²) < 4.78 is 0. The maximum absolute atomic E-state index is 12.2. The van der Waals surface area contributed by atoms with E-state index in [-0.39, 0.29) is 5.91 Å². The lowest BCUT2D eigenvalue weighted by Crippen LogP contribution is -2.12. The molecule has 0 atom stereocenters. The van der Waals surface area contributed by atoms with Gasteiger partial charge in [0.25, 0.3) is 5.91 Å². The maximum Gasteiger partial charge on any atom is 0.258 e. The summed E-state index contributed by atoms with van der Waals surface area (Å²) in [5.74, 6) is 0.985. The highest BCUT2D eigenvalue weighted by atomic mass is 35.5. The van der Waals surface area contributed by atoms with Crippen molar-refractivity contribution >= 4 is 23.3 Å². The molecule has 22 heavy (non-hydrogen) atoms. The Morgan fingerprint density at radius 1 is 1.36 bits per heavy atom. The minimum atomic E-state index is -0.275. The molecule has 0 aliphatic heterocycles. The summed E-state index contributed by atoms with van der Waals surface area (Å²) in [5, 5.41) is 10.3. The molecule has 1 aliphatic rings. The van der Waals surface area contributed by atoms with E-state index in [0.717, 1.165) is 18.0 Å². The summed E-state index contributed by atoms with van der Waals surface area (Å²) in [6, 6.07) is 3.49. The molecule has 2 heterocycles. The van der Waals surface area contributed by atoms with E-state index in [2.05, 4.69) is 20.5 Å². The van der Waals surface area contributed by atoms with Crippen LogP contribution in [-0.4, -0.2) is 21.1 Å². The summed E-state index contributed by atoms with van der Waals surface area (Å²) >= 11 is 5.97. The van der Waals surface area contributed by atoms with Crippen LogP contribution >= 0.6 is 11.6 Å². The van der Waals surface area contributed by atoms with Gasteiger partial charge in [-0.25, -0.2) is 0 Å². The van der Waals surface area contributed by atoms with Crippen LogP contribution in [0.3, 0.4) is 0 Å². The molecule has 1 aliphatic carbocycles. The second-order valence-electron chi connectivity index (χ2n) is 5.80. The van der Waals surface area contributed by atoms with Gasteiger partial charge in [-0.3, -0.25) is 14.9 Å². The van der Waals surface area contributed by atoms with Gasteiger partial charge in [0.2, 0.25) is 0 Å². The van der Waals surface area contributed by atoms with E-state index < -0.39 is 0 Å². The van der Waals surface area contributed by atoms with Crippen molar-refractivity contribution < 1.29 is 4.79 Å². The number of pyridine rings is 1. The molecule has 0 spiro atoms. The number of nitrogens with zero attached hydrogens (tertiary/aromatic N) is 2. The number of hydrogen-bond donors (Lipinski definition) is 2. The van der Waals surface area contributed by atoms with Crippen LogP contribution in [0.4, 0.5) is 5.82 Å². The Kier molecular flexibility index (Phi) is 4.73. The molecule has 1 saturated carbocycles. The van der Waals surface area contributed by atoms with Crippen molar-refractivity contribution in [1.29, 1.82) is 0 Å². The molecule has 116 valence electrons. The van der Waals surface area contributed by atoms with Gasteiger partial charge in [-0.15, -0.1) is 0 Å². The number of rotatable bonds is 4. The topological polar surface area (TPSA) is 70.7 Å². The van der Waals surface area contributed by atoms with Crippen molar-refractivity contribution in [2.75, 3.05) is 5.32 Å². The number of hydrogen-bond acceptors (Lipinski definition) is 3. The smallest absolute Gasteiger partial charge is 0.258 e. The summed E-state index contributed by atoms with van der Waals surface area (Å²) in [4.78, 5) is 16.0. The highest BCUT2D eigenvalue weighted by Crippen LogP contribution is 2.26. The first-order valence-electron chi connectivity index (χ1n) is 7.67. The molecule has 0 bridgehead atoms. The minimum absolute atomic E-state index is 0.275. The van der Waals surface area contributed by atoms with Gasteiger partial charge >= 0.3 is 0 Å². The van der Waals surface area contributed by atoms with Gasteiger partial charge in [0.1, 0.15) is 0 Å². The van der Waals surface area contributed by atoms with Gasteiger partial charge in [0.05, 0.1) is 10.6 Å². The third-order valence-corrected chi connectivity index (χ3v) is 4.42. The predicted octanol–water partition coefficient (Wildman–Crippen LogP) is 3.83. The molecular formula is C16H19ClN4O. The highest BCUT2D eigenvalue weighted by molar-refractivity contribution is 6.34. The quantitative estimate of drug-likeness (QED) is 0.900. The molecule has 2 aromatic rings. The number of H-pyrrole nitrogens is 1. The number of halogens is 1. The lowest BCUT2D eigenvalue weighted by atomic mass is 9.86. The molecule has 5 nitrogen and oxygen atoms in total. The fourth-order valence-electron chi connectivity index (χ4n) is 2.98. The van der Waals surface area contributed by atoms with Crippen LogP contribution < -0.4 is 5.32 Å². The number of carbonyl (C=O) groups is 1. The predicted molar refractivity (Wildman–Crippen MR) is 86.1 cm³/mol. The monoisotopic (exact) mass is 318 g/mol. The molecule has 1 amide bonds. The highest BCUT2D eigenvalue weighted by Gasteiger charge is 2.16. The van der Waals surface area contributed by atoms with Gasteiger partial charge in [-0.1, -0.05) is 43.7 Å². The van der Waals surface area contributed by atoms with E-state index in [9.17, 15) is 4.79 Å². The number of anilines is 1. The standard InChI is InChI=1S/C16H19ClN4O/c17-14-10-18-7-6-13(14)16(22)19-15-9-12(20-21-15)8-11-4-2-1-3-5-11/h6-7,9-11H,1-5,8H2,(H2,19,20,21,22). The fraction of sp³-hybridized carbons (Fsp3) is 0.438. The first-order chi connectivity index (χ1) is 10.7.